The number of hydrogen-bond donors (Lipinski definition) is 2. The van der Waals surface area contributed by atoms with E-state index in [0.29, 0.717) is 30.5 Å². The largest absolute Gasteiger partial charge is 0.351 e. The molecule has 1 atom stereocenters. The first kappa shape index (κ1) is 21.8. The molecule has 3 N–H and O–H groups in total. The second-order valence-electron chi connectivity index (χ2n) is 7.73. The Kier molecular flexibility index (Phi) is 6.14. The molecule has 7 nitrogen and oxygen atoms in total. The Labute approximate surface area is 188 Å². The van der Waals surface area contributed by atoms with Gasteiger partial charge in [-0.15, -0.1) is 0 Å². The van der Waals surface area contributed by atoms with Gasteiger partial charge in [-0.3, -0.25) is 14.2 Å². The number of likely N-dealkylation sites (tertiary alicyclic amines) is 1. The fraction of sp³-hybridized carbons (Fsp3) is 0.261. The Morgan fingerprint density at radius 1 is 1.12 bits per heavy atom. The third-order valence-corrected chi connectivity index (χ3v) is 6.03. The van der Waals surface area contributed by atoms with Crippen molar-refractivity contribution in [2.24, 2.45) is 5.73 Å². The average Bonchev–Trinajstić information content (AvgIpc) is 3.40. The van der Waals surface area contributed by atoms with Crippen LogP contribution in [0.1, 0.15) is 24.0 Å². The van der Waals surface area contributed by atoms with Gasteiger partial charge in [0, 0.05) is 30.2 Å². The van der Waals surface area contributed by atoms with Crippen molar-refractivity contribution in [3.8, 4) is 0 Å². The molecule has 0 radical (unpaired) electrons. The van der Waals surface area contributed by atoms with Crippen molar-refractivity contribution in [1.82, 2.24) is 14.8 Å². The molecule has 0 saturated carbocycles. The van der Waals surface area contributed by atoms with Gasteiger partial charge in [-0.1, -0.05) is 41.9 Å². The third kappa shape index (κ3) is 4.18. The van der Waals surface area contributed by atoms with Crippen LogP contribution in [0.3, 0.4) is 0 Å². The van der Waals surface area contributed by atoms with E-state index in [1.807, 2.05) is 12.1 Å². The van der Waals surface area contributed by atoms with Crippen molar-refractivity contribution >= 4 is 40.3 Å². The zero-order chi connectivity index (χ0) is 22.8. The Morgan fingerprint density at radius 2 is 1.91 bits per heavy atom. The first-order valence-electron chi connectivity index (χ1n) is 10.3. The smallest absolute Gasteiger partial charge is 0.323 e. The van der Waals surface area contributed by atoms with E-state index in [2.05, 4.69) is 5.32 Å². The van der Waals surface area contributed by atoms with Gasteiger partial charge in [-0.2, -0.15) is 0 Å². The van der Waals surface area contributed by atoms with Gasteiger partial charge in [0.05, 0.1) is 17.0 Å². The summed E-state index contributed by atoms with van der Waals surface area (Å²) in [5.74, 6) is -1.13. The van der Waals surface area contributed by atoms with E-state index in [1.165, 1.54) is 10.6 Å². The van der Waals surface area contributed by atoms with Gasteiger partial charge in [0.2, 0.25) is 11.8 Å². The van der Waals surface area contributed by atoms with Crippen LogP contribution in [0.5, 0.6) is 0 Å². The maximum Gasteiger partial charge on any atom is 0.323 e. The highest BCUT2D eigenvalue weighted by Gasteiger charge is 2.34. The minimum absolute atomic E-state index is 0.00968. The number of benzene rings is 2. The van der Waals surface area contributed by atoms with Crippen LogP contribution in [-0.4, -0.2) is 39.9 Å². The molecule has 3 aromatic rings. The fourth-order valence-electron chi connectivity index (χ4n) is 4.16. The molecular weight excluding hydrogens is 435 g/mol. The number of aromatic nitrogens is 1. The van der Waals surface area contributed by atoms with Gasteiger partial charge in [0.15, 0.2) is 0 Å². The first-order chi connectivity index (χ1) is 15.4. The summed E-state index contributed by atoms with van der Waals surface area (Å²) in [6.07, 6.45) is 2.82. The Balaban J connectivity index is 1.47. The van der Waals surface area contributed by atoms with Crippen molar-refractivity contribution in [3.05, 3.63) is 70.6 Å². The number of carbonyl (C=O) groups is 3. The minimum Gasteiger partial charge on any atom is -0.351 e. The number of nitrogens with two attached hydrogens (primary N) is 1. The summed E-state index contributed by atoms with van der Waals surface area (Å²) < 4.78 is 15.4. The molecule has 166 valence electrons. The molecule has 2 heterocycles. The van der Waals surface area contributed by atoms with Crippen LogP contribution in [0.4, 0.5) is 9.18 Å². The van der Waals surface area contributed by atoms with E-state index in [-0.39, 0.29) is 35.4 Å². The van der Waals surface area contributed by atoms with E-state index in [4.69, 9.17) is 17.3 Å². The number of fused-ring (bicyclic) bond motifs is 1. The van der Waals surface area contributed by atoms with Gasteiger partial charge in [0.25, 0.3) is 0 Å². The quantitative estimate of drug-likeness (QED) is 0.616. The highest BCUT2D eigenvalue weighted by molar-refractivity contribution is 6.30. The highest BCUT2D eigenvalue weighted by atomic mass is 35.5. The van der Waals surface area contributed by atoms with Crippen molar-refractivity contribution < 1.29 is 18.8 Å². The minimum atomic E-state index is -0.633. The predicted octanol–water partition coefficient (Wildman–Crippen LogP) is 3.21. The molecule has 0 aliphatic carbocycles. The van der Waals surface area contributed by atoms with Crippen LogP contribution in [-0.2, 0) is 22.6 Å². The van der Waals surface area contributed by atoms with Crippen LogP contribution < -0.4 is 11.1 Å². The summed E-state index contributed by atoms with van der Waals surface area (Å²) in [6, 6.07) is 10.5. The highest BCUT2D eigenvalue weighted by Crippen LogP contribution is 2.25. The topological polar surface area (TPSA) is 97.4 Å². The lowest BCUT2D eigenvalue weighted by atomic mass is 10.1. The molecule has 0 bridgehead atoms. The maximum atomic E-state index is 14.1. The summed E-state index contributed by atoms with van der Waals surface area (Å²) >= 11 is 5.79. The van der Waals surface area contributed by atoms with E-state index < -0.39 is 17.9 Å². The summed E-state index contributed by atoms with van der Waals surface area (Å²) in [4.78, 5) is 39.1. The molecule has 2 aromatic carbocycles. The molecule has 1 fully saturated rings. The number of amides is 3. The lowest BCUT2D eigenvalue weighted by molar-refractivity contribution is -0.138. The maximum absolute atomic E-state index is 14.1. The van der Waals surface area contributed by atoms with Crippen LogP contribution >= 0.6 is 11.6 Å². The van der Waals surface area contributed by atoms with Gasteiger partial charge in [-0.25, -0.2) is 9.18 Å². The third-order valence-electron chi connectivity index (χ3n) is 5.73. The number of hydrogen-bond acceptors (Lipinski definition) is 3. The normalized spacial score (nSPS) is 15.8. The number of primary amides is 1. The molecule has 1 aromatic heterocycles. The Hall–Kier alpha value is -3.39. The number of rotatable bonds is 5. The van der Waals surface area contributed by atoms with E-state index >= 15 is 0 Å². The predicted molar refractivity (Wildman–Crippen MR) is 119 cm³/mol. The SMILES string of the molecule is NC(=O)n1cc(CC(=O)N2CCC[C@H]2C(=O)NCc2cccc(Cl)c2F)c2ccccc21. The van der Waals surface area contributed by atoms with Crippen LogP contribution in [0.2, 0.25) is 5.02 Å². The molecule has 0 spiro atoms. The van der Waals surface area contributed by atoms with Gasteiger partial charge in [0.1, 0.15) is 11.9 Å². The van der Waals surface area contributed by atoms with E-state index in [0.717, 1.165) is 5.39 Å². The summed E-state index contributed by atoms with van der Waals surface area (Å²) in [5, 5.41) is 3.46. The standard InChI is InChI=1S/C23H22ClFN4O3/c24-17-7-3-5-14(21(17)25)12-27-22(31)19-9-4-10-28(19)20(30)11-15-13-29(23(26)32)18-8-2-1-6-16(15)18/h1-3,5-8,13,19H,4,9-12H2,(H2,26,32)(H,27,31)/t19-/m0/s1. The zero-order valence-electron chi connectivity index (χ0n) is 17.2. The molecule has 32 heavy (non-hydrogen) atoms. The van der Waals surface area contributed by atoms with E-state index in [9.17, 15) is 18.8 Å². The second-order valence-corrected chi connectivity index (χ2v) is 8.14. The van der Waals surface area contributed by atoms with Crippen LogP contribution in [0.15, 0.2) is 48.7 Å². The molecule has 1 aliphatic heterocycles. The van der Waals surface area contributed by atoms with Crippen LogP contribution in [0.25, 0.3) is 10.9 Å². The average molecular weight is 457 g/mol. The molecule has 4 rings (SSSR count). The van der Waals surface area contributed by atoms with Gasteiger partial charge in [-0.05, 0) is 30.5 Å². The molecule has 1 saturated heterocycles. The lowest BCUT2D eigenvalue weighted by Gasteiger charge is -2.24. The summed E-state index contributed by atoms with van der Waals surface area (Å²) in [7, 11) is 0. The number of carbonyl (C=O) groups excluding carboxylic acids is 3. The first-order valence-corrected chi connectivity index (χ1v) is 10.6. The van der Waals surface area contributed by atoms with E-state index in [1.54, 1.807) is 35.4 Å². The Bertz CT molecular complexity index is 1210. The molecule has 9 heteroatoms. The monoisotopic (exact) mass is 456 g/mol. The van der Waals surface area contributed by atoms with Gasteiger partial charge >= 0.3 is 6.03 Å². The molecular formula is C23H22ClFN4O3. The summed E-state index contributed by atoms with van der Waals surface area (Å²) in [6.45, 7) is 0.437. The number of halogens is 2. The zero-order valence-corrected chi connectivity index (χ0v) is 17.9. The lowest BCUT2D eigenvalue weighted by Crippen LogP contribution is -2.46. The number of nitrogens with zero attached hydrogens (tertiary/aromatic N) is 2. The fourth-order valence-corrected chi connectivity index (χ4v) is 4.35. The number of para-hydroxylation sites is 1. The summed E-state index contributed by atoms with van der Waals surface area (Å²) in [5.41, 5.74) is 7.02. The van der Waals surface area contributed by atoms with Crippen molar-refractivity contribution in [1.29, 1.82) is 0 Å². The molecule has 1 aliphatic rings. The second kappa shape index (κ2) is 9.00. The van der Waals surface area contributed by atoms with Crippen molar-refractivity contribution in [2.45, 2.75) is 31.8 Å². The van der Waals surface area contributed by atoms with Crippen LogP contribution in [0, 0.1) is 5.82 Å². The number of nitrogens with one attached hydrogen (secondary N) is 1. The van der Waals surface area contributed by atoms with Crippen molar-refractivity contribution in [3.63, 3.8) is 0 Å². The van der Waals surface area contributed by atoms with Crippen molar-refractivity contribution in [2.75, 3.05) is 6.54 Å². The Morgan fingerprint density at radius 3 is 2.69 bits per heavy atom. The van der Waals surface area contributed by atoms with Gasteiger partial charge < -0.3 is 16.0 Å². The molecule has 0 unspecified atom stereocenters. The molecule has 3 amide bonds.